The summed E-state index contributed by atoms with van der Waals surface area (Å²) < 4.78 is 5.56. The van der Waals surface area contributed by atoms with Crippen molar-refractivity contribution in [2.45, 2.75) is 65.5 Å². The van der Waals surface area contributed by atoms with E-state index < -0.39 is 5.60 Å². The maximum atomic E-state index is 12.4. The van der Waals surface area contributed by atoms with E-state index in [1.165, 1.54) is 6.42 Å². The molecule has 0 aromatic rings. The smallest absolute Gasteiger partial charge is 0.410 e. The standard InChI is InChI=1S/C18H37N3O2/c1-17(2,3)23-16(22)21-11-9-8-10-15(21)12-19-13-18(4,5)14-20(6)7/h15,19H,8-14H2,1-7H3. The van der Waals surface area contributed by atoms with E-state index in [-0.39, 0.29) is 17.6 Å². The van der Waals surface area contributed by atoms with Crippen LogP contribution in [0.2, 0.25) is 0 Å². The fourth-order valence-corrected chi connectivity index (χ4v) is 3.26. The van der Waals surface area contributed by atoms with Gasteiger partial charge < -0.3 is 19.9 Å². The molecule has 0 saturated carbocycles. The first-order valence-electron chi connectivity index (χ1n) is 8.85. The van der Waals surface area contributed by atoms with Gasteiger partial charge in [-0.1, -0.05) is 13.8 Å². The molecule has 5 heteroatoms. The van der Waals surface area contributed by atoms with Crippen molar-refractivity contribution in [2.24, 2.45) is 5.41 Å². The van der Waals surface area contributed by atoms with Gasteiger partial charge in [0.05, 0.1) is 0 Å². The van der Waals surface area contributed by atoms with Crippen LogP contribution in [0.25, 0.3) is 0 Å². The Balaban J connectivity index is 2.51. The first-order chi connectivity index (χ1) is 10.5. The number of carbonyl (C=O) groups excluding carboxylic acids is 1. The average molecular weight is 328 g/mol. The van der Waals surface area contributed by atoms with Gasteiger partial charge in [-0.3, -0.25) is 0 Å². The van der Waals surface area contributed by atoms with Crippen LogP contribution in [0.5, 0.6) is 0 Å². The van der Waals surface area contributed by atoms with E-state index in [0.717, 1.165) is 39.0 Å². The zero-order chi connectivity index (χ0) is 17.7. The van der Waals surface area contributed by atoms with E-state index in [9.17, 15) is 4.79 Å². The van der Waals surface area contributed by atoms with E-state index in [1.54, 1.807) is 0 Å². The third-order valence-electron chi connectivity index (χ3n) is 3.98. The minimum Gasteiger partial charge on any atom is -0.444 e. The Labute approximate surface area is 142 Å². The van der Waals surface area contributed by atoms with Crippen LogP contribution in [0, 0.1) is 5.41 Å². The Kier molecular flexibility index (Phi) is 7.33. The van der Waals surface area contributed by atoms with Gasteiger partial charge >= 0.3 is 6.09 Å². The third-order valence-corrected chi connectivity index (χ3v) is 3.98. The predicted octanol–water partition coefficient (Wildman–Crippen LogP) is 2.95. The second kappa shape index (κ2) is 8.34. The normalized spacial score (nSPS) is 20.0. The molecule has 1 amide bonds. The van der Waals surface area contributed by atoms with Crippen LogP contribution in [0.3, 0.4) is 0 Å². The Morgan fingerprint density at radius 1 is 1.22 bits per heavy atom. The van der Waals surface area contributed by atoms with Gasteiger partial charge in [0.15, 0.2) is 0 Å². The number of nitrogens with zero attached hydrogens (tertiary/aromatic N) is 2. The van der Waals surface area contributed by atoms with Gasteiger partial charge in [-0.15, -0.1) is 0 Å². The second-order valence-corrected chi connectivity index (χ2v) is 8.86. The number of rotatable bonds is 6. The summed E-state index contributed by atoms with van der Waals surface area (Å²) in [5, 5.41) is 3.57. The first-order valence-corrected chi connectivity index (χ1v) is 8.85. The van der Waals surface area contributed by atoms with E-state index in [1.807, 2.05) is 25.7 Å². The number of likely N-dealkylation sites (tertiary alicyclic amines) is 1. The van der Waals surface area contributed by atoms with Crippen LogP contribution < -0.4 is 5.32 Å². The van der Waals surface area contributed by atoms with Crippen molar-refractivity contribution in [3.05, 3.63) is 0 Å². The van der Waals surface area contributed by atoms with Crippen molar-refractivity contribution in [3.63, 3.8) is 0 Å². The summed E-state index contributed by atoms with van der Waals surface area (Å²) in [4.78, 5) is 16.5. The van der Waals surface area contributed by atoms with Crippen molar-refractivity contribution < 1.29 is 9.53 Å². The first kappa shape index (κ1) is 20.2. The number of hydrogen-bond donors (Lipinski definition) is 1. The highest BCUT2D eigenvalue weighted by Crippen LogP contribution is 2.20. The van der Waals surface area contributed by atoms with Gasteiger partial charge in [0, 0.05) is 32.2 Å². The van der Waals surface area contributed by atoms with Crippen LogP contribution in [-0.2, 0) is 4.74 Å². The molecule has 1 heterocycles. The van der Waals surface area contributed by atoms with Crippen molar-refractivity contribution in [2.75, 3.05) is 40.3 Å². The highest BCUT2D eigenvalue weighted by Gasteiger charge is 2.30. The van der Waals surface area contributed by atoms with Crippen molar-refractivity contribution in [3.8, 4) is 0 Å². The summed E-state index contributed by atoms with van der Waals surface area (Å²) in [6, 6.07) is 0.244. The molecule has 1 N–H and O–H groups in total. The molecule has 1 aliphatic rings. The minimum atomic E-state index is -0.430. The number of carbonyl (C=O) groups is 1. The summed E-state index contributed by atoms with van der Waals surface area (Å²) in [5.41, 5.74) is -0.213. The van der Waals surface area contributed by atoms with Crippen LogP contribution in [0.1, 0.15) is 53.9 Å². The molecule has 1 fully saturated rings. The fourth-order valence-electron chi connectivity index (χ4n) is 3.26. The lowest BCUT2D eigenvalue weighted by atomic mass is 9.92. The van der Waals surface area contributed by atoms with E-state index in [2.05, 4.69) is 38.2 Å². The van der Waals surface area contributed by atoms with Crippen LogP contribution >= 0.6 is 0 Å². The largest absolute Gasteiger partial charge is 0.444 e. The van der Waals surface area contributed by atoms with Crippen LogP contribution in [0.4, 0.5) is 4.79 Å². The van der Waals surface area contributed by atoms with Crippen LogP contribution in [-0.4, -0.2) is 67.8 Å². The summed E-state index contributed by atoms with van der Waals surface area (Å²) in [6.07, 6.45) is 3.14. The number of ether oxygens (including phenoxy) is 1. The molecule has 0 aliphatic carbocycles. The molecule has 0 aromatic heterocycles. The molecule has 0 aromatic carbocycles. The number of amides is 1. The van der Waals surface area contributed by atoms with Gasteiger partial charge in [0.1, 0.15) is 5.60 Å². The zero-order valence-electron chi connectivity index (χ0n) is 16.2. The van der Waals surface area contributed by atoms with Gasteiger partial charge in [-0.2, -0.15) is 0 Å². The molecule has 136 valence electrons. The maximum absolute atomic E-state index is 12.4. The molecule has 0 bridgehead atoms. The SMILES string of the molecule is CN(C)CC(C)(C)CNCC1CCCCN1C(=O)OC(C)(C)C. The van der Waals surface area contributed by atoms with Crippen molar-refractivity contribution >= 4 is 6.09 Å². The van der Waals surface area contributed by atoms with Crippen molar-refractivity contribution in [1.82, 2.24) is 15.1 Å². The molecule has 23 heavy (non-hydrogen) atoms. The lowest BCUT2D eigenvalue weighted by Crippen LogP contribution is -2.51. The van der Waals surface area contributed by atoms with Gasteiger partial charge in [0.25, 0.3) is 0 Å². The third kappa shape index (κ3) is 8.02. The topological polar surface area (TPSA) is 44.8 Å². The predicted molar refractivity (Wildman–Crippen MR) is 95.8 cm³/mol. The quantitative estimate of drug-likeness (QED) is 0.815. The molecule has 0 radical (unpaired) electrons. The van der Waals surface area contributed by atoms with E-state index in [4.69, 9.17) is 4.74 Å². The molecule has 1 saturated heterocycles. The number of hydrogen-bond acceptors (Lipinski definition) is 4. The number of nitrogens with one attached hydrogen (secondary N) is 1. The Morgan fingerprint density at radius 2 is 1.87 bits per heavy atom. The highest BCUT2D eigenvalue weighted by atomic mass is 16.6. The monoisotopic (exact) mass is 327 g/mol. The summed E-state index contributed by atoms with van der Waals surface area (Å²) in [7, 11) is 4.21. The summed E-state index contributed by atoms with van der Waals surface area (Å²) >= 11 is 0. The zero-order valence-corrected chi connectivity index (χ0v) is 16.2. The second-order valence-electron chi connectivity index (χ2n) is 8.86. The Bertz CT molecular complexity index is 375. The summed E-state index contributed by atoms with van der Waals surface area (Å²) in [6.45, 7) is 13.9. The average Bonchev–Trinajstić information content (AvgIpc) is 2.35. The molecule has 0 spiro atoms. The van der Waals surface area contributed by atoms with Crippen LogP contribution in [0.15, 0.2) is 0 Å². The van der Waals surface area contributed by atoms with Gasteiger partial charge in [-0.25, -0.2) is 4.79 Å². The lowest BCUT2D eigenvalue weighted by molar-refractivity contribution is 0.00972. The summed E-state index contributed by atoms with van der Waals surface area (Å²) in [5.74, 6) is 0. The lowest BCUT2D eigenvalue weighted by Gasteiger charge is -2.37. The molecular formula is C18H37N3O2. The molecule has 1 atom stereocenters. The highest BCUT2D eigenvalue weighted by molar-refractivity contribution is 5.68. The Morgan fingerprint density at radius 3 is 2.43 bits per heavy atom. The van der Waals surface area contributed by atoms with Gasteiger partial charge in [-0.05, 0) is 59.5 Å². The van der Waals surface area contributed by atoms with E-state index in [0.29, 0.717) is 0 Å². The Hall–Kier alpha value is -0.810. The maximum Gasteiger partial charge on any atom is 0.410 e. The molecule has 1 aliphatic heterocycles. The van der Waals surface area contributed by atoms with Crippen molar-refractivity contribution in [1.29, 1.82) is 0 Å². The minimum absolute atomic E-state index is 0.170. The molecule has 1 unspecified atom stereocenters. The fraction of sp³-hybridized carbons (Fsp3) is 0.944. The molecular weight excluding hydrogens is 290 g/mol. The molecule has 5 nitrogen and oxygen atoms in total. The number of piperidine rings is 1. The van der Waals surface area contributed by atoms with E-state index >= 15 is 0 Å². The van der Waals surface area contributed by atoms with Gasteiger partial charge in [0.2, 0.25) is 0 Å². The molecule has 1 rings (SSSR count).